The Hall–Kier alpha value is -0.850. The predicted molar refractivity (Wildman–Crippen MR) is 58.6 cm³/mol. The van der Waals surface area contributed by atoms with Crippen LogP contribution >= 0.6 is 0 Å². The number of nitrogens with zero attached hydrogens (tertiary/aromatic N) is 1. The van der Waals surface area contributed by atoms with Crippen molar-refractivity contribution in [1.29, 1.82) is 0 Å². The van der Waals surface area contributed by atoms with E-state index in [-0.39, 0.29) is 5.41 Å². The van der Waals surface area contributed by atoms with Crippen molar-refractivity contribution in [2.45, 2.75) is 34.6 Å². The number of allylic oxidation sites excluding steroid dienone is 3. The van der Waals surface area contributed by atoms with Gasteiger partial charge in [0.05, 0.1) is 0 Å². The Morgan fingerprint density at radius 2 is 1.67 bits per heavy atom. The van der Waals surface area contributed by atoms with Crippen molar-refractivity contribution in [2.75, 3.05) is 0 Å². The maximum Gasteiger partial charge on any atom is 0.0229 e. The molecule has 0 amide bonds. The average molecular weight is 167 g/mol. The van der Waals surface area contributed by atoms with E-state index in [9.17, 15) is 0 Å². The highest BCUT2D eigenvalue weighted by Gasteiger charge is 2.06. The van der Waals surface area contributed by atoms with Gasteiger partial charge in [0.25, 0.3) is 0 Å². The van der Waals surface area contributed by atoms with Crippen molar-refractivity contribution in [2.24, 2.45) is 10.4 Å². The van der Waals surface area contributed by atoms with Crippen molar-refractivity contribution in [1.82, 2.24) is 0 Å². The van der Waals surface area contributed by atoms with E-state index in [2.05, 4.69) is 31.6 Å². The molecule has 0 heterocycles. The van der Waals surface area contributed by atoms with Gasteiger partial charge in [-0.25, -0.2) is 0 Å². The van der Waals surface area contributed by atoms with Gasteiger partial charge in [-0.05, 0) is 13.6 Å². The molecule has 0 rings (SSSR count). The van der Waals surface area contributed by atoms with E-state index in [1.54, 1.807) is 6.20 Å². The van der Waals surface area contributed by atoms with Crippen LogP contribution in [0, 0.1) is 5.41 Å². The quantitative estimate of drug-likeness (QED) is 0.447. The standard InChI is InChI=1S/C9H15N.C2H6/c1-5-6-9(2,3)7-8-10-4;1-2/h5-8H,4H2,1-3H3;1-2H3/b6-5-,8-7-;. The van der Waals surface area contributed by atoms with Gasteiger partial charge in [0.2, 0.25) is 0 Å². The SMILES string of the molecule is C=N/C=C\C(C)(C)/C=C\C.CC. The van der Waals surface area contributed by atoms with Crippen LogP contribution in [0.2, 0.25) is 0 Å². The highest BCUT2D eigenvalue weighted by molar-refractivity contribution is 5.26. The van der Waals surface area contributed by atoms with E-state index in [0.29, 0.717) is 0 Å². The molecule has 0 aliphatic carbocycles. The molecule has 0 bridgehead atoms. The van der Waals surface area contributed by atoms with Crippen LogP contribution in [0.3, 0.4) is 0 Å². The number of rotatable bonds is 3. The topological polar surface area (TPSA) is 12.4 Å². The third kappa shape index (κ3) is 9.15. The summed E-state index contributed by atoms with van der Waals surface area (Å²) in [6.07, 6.45) is 7.89. The fraction of sp³-hybridized carbons (Fsp3) is 0.545. The molecule has 0 aromatic carbocycles. The summed E-state index contributed by atoms with van der Waals surface area (Å²) < 4.78 is 0. The van der Waals surface area contributed by atoms with Crippen LogP contribution in [-0.2, 0) is 0 Å². The van der Waals surface area contributed by atoms with Gasteiger partial charge in [-0.1, -0.05) is 45.9 Å². The fourth-order valence-electron chi connectivity index (χ4n) is 0.730. The first kappa shape index (κ1) is 13.7. The van der Waals surface area contributed by atoms with E-state index in [4.69, 9.17) is 0 Å². The van der Waals surface area contributed by atoms with Crippen LogP contribution in [0.5, 0.6) is 0 Å². The Labute approximate surface area is 76.9 Å². The summed E-state index contributed by atoms with van der Waals surface area (Å²) in [6.45, 7) is 13.6. The lowest BCUT2D eigenvalue weighted by Gasteiger charge is -2.12. The van der Waals surface area contributed by atoms with Gasteiger partial charge < -0.3 is 0 Å². The zero-order chi connectivity index (χ0) is 10.0. The summed E-state index contributed by atoms with van der Waals surface area (Å²) in [5.41, 5.74) is 0.107. The van der Waals surface area contributed by atoms with Crippen LogP contribution in [0.15, 0.2) is 29.4 Å². The van der Waals surface area contributed by atoms with Gasteiger partial charge >= 0.3 is 0 Å². The summed E-state index contributed by atoms with van der Waals surface area (Å²) in [6, 6.07) is 0. The Morgan fingerprint density at radius 1 is 1.17 bits per heavy atom. The monoisotopic (exact) mass is 167 g/mol. The molecule has 0 fully saturated rings. The molecule has 0 unspecified atom stereocenters. The van der Waals surface area contributed by atoms with Crippen LogP contribution in [0.4, 0.5) is 0 Å². The second-order valence-electron chi connectivity index (χ2n) is 2.82. The van der Waals surface area contributed by atoms with E-state index in [1.807, 2.05) is 32.9 Å². The maximum absolute atomic E-state index is 3.64. The average Bonchev–Trinajstić information content (AvgIpc) is 2.05. The predicted octanol–water partition coefficient (Wildman–Crippen LogP) is 3.83. The van der Waals surface area contributed by atoms with Gasteiger partial charge in [-0.3, -0.25) is 4.99 Å². The van der Waals surface area contributed by atoms with E-state index in [0.717, 1.165) is 0 Å². The molecule has 0 saturated carbocycles. The van der Waals surface area contributed by atoms with Gasteiger partial charge in [0.1, 0.15) is 0 Å². The number of aliphatic imine (C=N–C) groups is 1. The fourth-order valence-corrected chi connectivity index (χ4v) is 0.730. The van der Waals surface area contributed by atoms with Gasteiger partial charge in [-0.2, -0.15) is 0 Å². The molecule has 0 N–H and O–H groups in total. The molecule has 1 heteroatoms. The molecule has 0 atom stereocenters. The zero-order valence-electron chi connectivity index (χ0n) is 8.96. The van der Waals surface area contributed by atoms with Gasteiger partial charge in [-0.15, -0.1) is 0 Å². The maximum atomic E-state index is 3.64. The molecule has 0 radical (unpaired) electrons. The summed E-state index contributed by atoms with van der Waals surface area (Å²) in [5, 5.41) is 0. The smallest absolute Gasteiger partial charge is 0.0229 e. The second kappa shape index (κ2) is 8.25. The zero-order valence-corrected chi connectivity index (χ0v) is 8.96. The molecule has 1 nitrogen and oxygen atoms in total. The lowest BCUT2D eigenvalue weighted by molar-refractivity contribution is 0.624. The molecule has 12 heavy (non-hydrogen) atoms. The highest BCUT2D eigenvalue weighted by atomic mass is 14.6. The minimum absolute atomic E-state index is 0.107. The molecule has 0 spiro atoms. The van der Waals surface area contributed by atoms with Crippen LogP contribution in [0.1, 0.15) is 34.6 Å². The molecular weight excluding hydrogens is 146 g/mol. The first-order chi connectivity index (χ1) is 5.62. The Morgan fingerprint density at radius 3 is 2.00 bits per heavy atom. The van der Waals surface area contributed by atoms with Crippen molar-refractivity contribution in [3.05, 3.63) is 24.4 Å². The molecule has 0 aliphatic heterocycles. The van der Waals surface area contributed by atoms with E-state index >= 15 is 0 Å². The summed E-state index contributed by atoms with van der Waals surface area (Å²) in [4.78, 5) is 3.64. The lowest BCUT2D eigenvalue weighted by Crippen LogP contribution is -2.00. The minimum atomic E-state index is 0.107. The highest BCUT2D eigenvalue weighted by Crippen LogP contribution is 2.18. The van der Waals surface area contributed by atoms with Crippen molar-refractivity contribution < 1.29 is 0 Å². The van der Waals surface area contributed by atoms with E-state index in [1.165, 1.54) is 0 Å². The van der Waals surface area contributed by atoms with Crippen molar-refractivity contribution in [3.63, 3.8) is 0 Å². The number of hydrogen-bond donors (Lipinski definition) is 0. The third-order valence-corrected chi connectivity index (χ3v) is 1.21. The Bertz CT molecular complexity index is 152. The van der Waals surface area contributed by atoms with Crippen molar-refractivity contribution in [3.8, 4) is 0 Å². The van der Waals surface area contributed by atoms with Gasteiger partial charge in [0.15, 0.2) is 0 Å². The molecule has 0 saturated heterocycles. The third-order valence-electron chi connectivity index (χ3n) is 1.21. The minimum Gasteiger partial charge on any atom is -0.273 e. The van der Waals surface area contributed by atoms with E-state index < -0.39 is 0 Å². The summed E-state index contributed by atoms with van der Waals surface area (Å²) in [5.74, 6) is 0. The lowest BCUT2D eigenvalue weighted by atomic mass is 9.93. The molecule has 70 valence electrons. The van der Waals surface area contributed by atoms with Crippen LogP contribution in [-0.4, -0.2) is 6.72 Å². The largest absolute Gasteiger partial charge is 0.273 e. The molecular formula is C11H21N. The van der Waals surface area contributed by atoms with Crippen LogP contribution < -0.4 is 0 Å². The normalized spacial score (nSPS) is 11.4. The van der Waals surface area contributed by atoms with Crippen LogP contribution in [0.25, 0.3) is 0 Å². The van der Waals surface area contributed by atoms with Gasteiger partial charge in [0, 0.05) is 11.6 Å². The summed E-state index contributed by atoms with van der Waals surface area (Å²) >= 11 is 0. The molecule has 0 aromatic rings. The first-order valence-electron chi connectivity index (χ1n) is 4.40. The Balaban J connectivity index is 0. The molecule has 0 aromatic heterocycles. The molecule has 0 aliphatic rings. The second-order valence-corrected chi connectivity index (χ2v) is 2.82. The number of hydrogen-bond acceptors (Lipinski definition) is 1. The summed E-state index contributed by atoms with van der Waals surface area (Å²) in [7, 11) is 0. The Kier molecular flexibility index (Phi) is 9.43. The first-order valence-corrected chi connectivity index (χ1v) is 4.40. The van der Waals surface area contributed by atoms with Crippen molar-refractivity contribution >= 4 is 6.72 Å².